The molecule has 1 N–H and O–H groups in total. The lowest BCUT2D eigenvalue weighted by Gasteiger charge is -2.18. The monoisotopic (exact) mass is 317 g/mol. The lowest BCUT2D eigenvalue weighted by Crippen LogP contribution is -2.18. The second-order valence-electron chi connectivity index (χ2n) is 7.45. The van der Waals surface area contributed by atoms with Gasteiger partial charge in [-0.05, 0) is 25.2 Å². The summed E-state index contributed by atoms with van der Waals surface area (Å²) in [6.07, 6.45) is 5.38. The molecule has 3 rings (SSSR count). The van der Waals surface area contributed by atoms with E-state index < -0.39 is 0 Å². The van der Waals surface area contributed by atoms with Crippen LogP contribution in [-0.2, 0) is 17.2 Å². The van der Waals surface area contributed by atoms with Gasteiger partial charge in [0.2, 0.25) is 0 Å². The molecule has 1 fully saturated rings. The molecule has 126 valence electrons. The number of nitrogens with one attached hydrogen (secondary N) is 1. The van der Waals surface area contributed by atoms with Crippen molar-refractivity contribution >= 4 is 16.9 Å². The quantitative estimate of drug-likeness (QED) is 0.859. The van der Waals surface area contributed by atoms with Crippen molar-refractivity contribution in [2.45, 2.75) is 45.4 Å². The number of anilines is 1. The summed E-state index contributed by atoms with van der Waals surface area (Å²) in [6, 6.07) is 0. The first-order valence-electron chi connectivity index (χ1n) is 8.47. The number of nitrogens with zero attached hydrogens (tertiary/aromatic N) is 4. The molecule has 2 aromatic heterocycles. The van der Waals surface area contributed by atoms with Crippen LogP contribution in [0.25, 0.3) is 11.0 Å². The summed E-state index contributed by atoms with van der Waals surface area (Å²) in [5.74, 6) is 2.47. The summed E-state index contributed by atoms with van der Waals surface area (Å²) in [5, 5.41) is 8.81. The van der Waals surface area contributed by atoms with Gasteiger partial charge in [0.15, 0.2) is 5.65 Å². The van der Waals surface area contributed by atoms with Crippen molar-refractivity contribution < 1.29 is 4.74 Å². The minimum atomic E-state index is -0.0872. The first-order valence-corrected chi connectivity index (χ1v) is 8.47. The number of hydrogen-bond acceptors (Lipinski definition) is 5. The fraction of sp³-hybridized carbons (Fsp3) is 0.706. The van der Waals surface area contributed by atoms with Crippen LogP contribution in [0.15, 0.2) is 6.20 Å². The summed E-state index contributed by atoms with van der Waals surface area (Å²) < 4.78 is 7.25. The van der Waals surface area contributed by atoms with Crippen molar-refractivity contribution in [2.24, 2.45) is 13.0 Å². The minimum absolute atomic E-state index is 0.0872. The van der Waals surface area contributed by atoms with Crippen LogP contribution in [0.2, 0.25) is 0 Å². The van der Waals surface area contributed by atoms with E-state index in [1.54, 1.807) is 0 Å². The Balaban J connectivity index is 1.73. The Hall–Kier alpha value is -1.69. The molecule has 2 aromatic rings. The SMILES string of the molecule is Cn1ncc2c(NCCC[C@@H]3CCOC3)nc(C(C)(C)C)nc21. The highest BCUT2D eigenvalue weighted by molar-refractivity contribution is 5.86. The van der Waals surface area contributed by atoms with E-state index in [4.69, 9.17) is 14.7 Å². The number of fused-ring (bicyclic) bond motifs is 1. The standard InChI is InChI=1S/C17H27N5O/c1-17(2,3)16-20-14(13-10-19-22(4)15(13)21-16)18-8-5-6-12-7-9-23-11-12/h10,12H,5-9,11H2,1-4H3,(H,18,20,21)/t12-/m1/s1. The van der Waals surface area contributed by atoms with Crippen LogP contribution in [0.4, 0.5) is 5.82 Å². The first kappa shape index (κ1) is 16.2. The van der Waals surface area contributed by atoms with Gasteiger partial charge in [-0.15, -0.1) is 0 Å². The first-order chi connectivity index (χ1) is 10.9. The molecule has 0 amide bonds. The molecule has 1 saturated heterocycles. The molecular weight excluding hydrogens is 290 g/mol. The lowest BCUT2D eigenvalue weighted by molar-refractivity contribution is 0.184. The topological polar surface area (TPSA) is 64.9 Å². The highest BCUT2D eigenvalue weighted by Crippen LogP contribution is 2.26. The van der Waals surface area contributed by atoms with E-state index in [9.17, 15) is 0 Å². The second kappa shape index (κ2) is 6.43. The Kier molecular flexibility index (Phi) is 4.53. The lowest BCUT2D eigenvalue weighted by atomic mass is 9.95. The van der Waals surface area contributed by atoms with Crippen molar-refractivity contribution in [1.29, 1.82) is 0 Å². The fourth-order valence-electron chi connectivity index (χ4n) is 2.90. The highest BCUT2D eigenvalue weighted by Gasteiger charge is 2.21. The molecule has 0 bridgehead atoms. The van der Waals surface area contributed by atoms with Crippen molar-refractivity contribution in [3.05, 3.63) is 12.0 Å². The molecule has 0 unspecified atom stereocenters. The summed E-state index contributed by atoms with van der Waals surface area (Å²) in [4.78, 5) is 9.45. The third-order valence-electron chi connectivity index (χ3n) is 4.37. The van der Waals surface area contributed by atoms with E-state index in [0.717, 1.165) is 54.8 Å². The van der Waals surface area contributed by atoms with Gasteiger partial charge in [0.05, 0.1) is 11.6 Å². The average molecular weight is 317 g/mol. The summed E-state index contributed by atoms with van der Waals surface area (Å²) in [6.45, 7) is 9.17. The smallest absolute Gasteiger partial charge is 0.163 e. The van der Waals surface area contributed by atoms with Gasteiger partial charge in [-0.1, -0.05) is 20.8 Å². The maximum absolute atomic E-state index is 5.43. The van der Waals surface area contributed by atoms with Crippen LogP contribution in [0.5, 0.6) is 0 Å². The van der Waals surface area contributed by atoms with Crippen molar-refractivity contribution in [3.63, 3.8) is 0 Å². The van der Waals surface area contributed by atoms with Crippen LogP contribution in [0, 0.1) is 5.92 Å². The Morgan fingerprint density at radius 3 is 2.87 bits per heavy atom. The van der Waals surface area contributed by atoms with Crippen molar-refractivity contribution in [3.8, 4) is 0 Å². The maximum atomic E-state index is 5.43. The normalized spacial score (nSPS) is 18.7. The largest absolute Gasteiger partial charge is 0.381 e. The highest BCUT2D eigenvalue weighted by atomic mass is 16.5. The molecule has 1 aliphatic heterocycles. The maximum Gasteiger partial charge on any atom is 0.163 e. The van der Waals surface area contributed by atoms with Gasteiger partial charge in [0, 0.05) is 32.2 Å². The van der Waals surface area contributed by atoms with Crippen LogP contribution < -0.4 is 5.32 Å². The molecule has 1 atom stereocenters. The Bertz CT molecular complexity index is 667. The van der Waals surface area contributed by atoms with Crippen LogP contribution in [0.3, 0.4) is 0 Å². The van der Waals surface area contributed by atoms with Gasteiger partial charge < -0.3 is 10.1 Å². The average Bonchev–Trinajstić information content (AvgIpc) is 3.13. The van der Waals surface area contributed by atoms with Gasteiger partial charge in [-0.25, -0.2) is 9.97 Å². The molecule has 0 aromatic carbocycles. The fourth-order valence-corrected chi connectivity index (χ4v) is 2.90. The van der Waals surface area contributed by atoms with E-state index in [1.807, 2.05) is 17.9 Å². The molecule has 0 spiro atoms. The molecule has 0 saturated carbocycles. The number of rotatable bonds is 5. The molecule has 1 aliphatic rings. The Morgan fingerprint density at radius 2 is 2.17 bits per heavy atom. The van der Waals surface area contributed by atoms with Crippen LogP contribution >= 0.6 is 0 Å². The number of hydrogen-bond donors (Lipinski definition) is 1. The third kappa shape index (κ3) is 3.63. The van der Waals surface area contributed by atoms with Gasteiger partial charge in [-0.3, -0.25) is 4.68 Å². The zero-order valence-electron chi connectivity index (χ0n) is 14.6. The Morgan fingerprint density at radius 1 is 1.35 bits per heavy atom. The van der Waals surface area contributed by atoms with Gasteiger partial charge in [0.1, 0.15) is 11.6 Å². The van der Waals surface area contributed by atoms with E-state index in [2.05, 4.69) is 31.2 Å². The molecule has 6 nitrogen and oxygen atoms in total. The molecule has 3 heterocycles. The zero-order chi connectivity index (χ0) is 16.4. The number of aromatic nitrogens is 4. The van der Waals surface area contributed by atoms with E-state index in [0.29, 0.717) is 0 Å². The summed E-state index contributed by atoms with van der Waals surface area (Å²) in [7, 11) is 1.92. The molecule has 0 radical (unpaired) electrons. The molecule has 0 aliphatic carbocycles. The second-order valence-corrected chi connectivity index (χ2v) is 7.45. The number of aryl methyl sites for hydroxylation is 1. The van der Waals surface area contributed by atoms with Crippen LogP contribution in [-0.4, -0.2) is 39.5 Å². The summed E-state index contributed by atoms with van der Waals surface area (Å²) in [5.41, 5.74) is 0.799. The Labute approximate surface area is 137 Å². The molecule has 23 heavy (non-hydrogen) atoms. The van der Waals surface area contributed by atoms with Gasteiger partial charge in [0.25, 0.3) is 0 Å². The van der Waals surface area contributed by atoms with E-state index in [-0.39, 0.29) is 5.41 Å². The predicted octanol–water partition coefficient (Wildman–Crippen LogP) is 2.89. The van der Waals surface area contributed by atoms with Crippen LogP contribution in [0.1, 0.15) is 45.9 Å². The van der Waals surface area contributed by atoms with Crippen molar-refractivity contribution in [2.75, 3.05) is 25.1 Å². The van der Waals surface area contributed by atoms with E-state index >= 15 is 0 Å². The third-order valence-corrected chi connectivity index (χ3v) is 4.37. The molecular formula is C17H27N5O. The van der Waals surface area contributed by atoms with Gasteiger partial charge in [-0.2, -0.15) is 5.10 Å². The predicted molar refractivity (Wildman–Crippen MR) is 91.7 cm³/mol. The number of ether oxygens (including phenoxy) is 1. The van der Waals surface area contributed by atoms with Crippen molar-refractivity contribution in [1.82, 2.24) is 19.7 Å². The van der Waals surface area contributed by atoms with Gasteiger partial charge >= 0.3 is 0 Å². The summed E-state index contributed by atoms with van der Waals surface area (Å²) >= 11 is 0. The minimum Gasteiger partial charge on any atom is -0.381 e. The zero-order valence-corrected chi connectivity index (χ0v) is 14.6. The van der Waals surface area contributed by atoms with E-state index in [1.165, 1.54) is 12.8 Å². The molecule has 6 heteroatoms.